The van der Waals surface area contributed by atoms with Crippen molar-refractivity contribution >= 4 is 40.6 Å². The lowest BCUT2D eigenvalue weighted by Crippen LogP contribution is -2.22. The van der Waals surface area contributed by atoms with E-state index in [-0.39, 0.29) is 11.8 Å². The second kappa shape index (κ2) is 11.6. The smallest absolute Gasteiger partial charge is 0.256 e. The Kier molecular flexibility index (Phi) is 7.84. The van der Waals surface area contributed by atoms with Gasteiger partial charge in [0.05, 0.1) is 24.4 Å². The topological polar surface area (TPSA) is 92.3 Å². The molecule has 3 aromatic carbocycles. The first-order valence-corrected chi connectivity index (χ1v) is 13.6. The molecule has 188 valence electrons. The Balaban J connectivity index is 1.19. The van der Waals surface area contributed by atoms with Gasteiger partial charge in [-0.3, -0.25) is 9.59 Å². The molecule has 0 fully saturated rings. The number of nitrogens with zero attached hydrogens (tertiary/aromatic N) is 1. The zero-order chi connectivity index (χ0) is 25.6. The van der Waals surface area contributed by atoms with Gasteiger partial charge in [-0.1, -0.05) is 23.9 Å². The number of anilines is 1. The Bertz CT molecular complexity index is 1420. The summed E-state index contributed by atoms with van der Waals surface area (Å²) >= 11 is 3.05. The third-order valence-corrected chi connectivity index (χ3v) is 7.96. The molecule has 2 heterocycles. The Hall–Kier alpha value is -3.66. The Morgan fingerprint density at radius 1 is 1.05 bits per heavy atom. The SMILES string of the molecule is CNCCCOc1ccc(-c2ncc(CNC(=O)c3ccc4c(c3)NC(=O)c3ccccc3S4)s2)cc1. The number of carbonyl (C=O) groups is 2. The first-order valence-electron chi connectivity index (χ1n) is 11.9. The summed E-state index contributed by atoms with van der Waals surface area (Å²) in [5.41, 5.74) is 2.75. The minimum atomic E-state index is -0.210. The number of hydrogen-bond acceptors (Lipinski definition) is 7. The normalized spacial score (nSPS) is 12.2. The molecule has 9 heteroatoms. The van der Waals surface area contributed by atoms with Gasteiger partial charge in [0.2, 0.25) is 0 Å². The van der Waals surface area contributed by atoms with Crippen LogP contribution in [0.3, 0.4) is 0 Å². The van der Waals surface area contributed by atoms with Crippen molar-refractivity contribution in [3.05, 3.63) is 88.9 Å². The zero-order valence-electron chi connectivity index (χ0n) is 20.2. The van der Waals surface area contributed by atoms with Crippen LogP contribution in [0.5, 0.6) is 5.75 Å². The van der Waals surface area contributed by atoms with Crippen molar-refractivity contribution < 1.29 is 14.3 Å². The molecule has 1 aromatic heterocycles. The maximum atomic E-state index is 12.9. The van der Waals surface area contributed by atoms with E-state index < -0.39 is 0 Å². The van der Waals surface area contributed by atoms with Crippen LogP contribution in [0.4, 0.5) is 5.69 Å². The summed E-state index contributed by atoms with van der Waals surface area (Å²) < 4.78 is 5.75. The summed E-state index contributed by atoms with van der Waals surface area (Å²) in [7, 11) is 1.93. The first-order chi connectivity index (χ1) is 18.1. The highest BCUT2D eigenvalue weighted by molar-refractivity contribution is 7.99. The monoisotopic (exact) mass is 530 g/mol. The molecule has 0 saturated heterocycles. The fourth-order valence-electron chi connectivity index (χ4n) is 3.83. The molecule has 0 aliphatic carbocycles. The van der Waals surface area contributed by atoms with Gasteiger partial charge in [-0.05, 0) is 74.6 Å². The maximum absolute atomic E-state index is 12.9. The van der Waals surface area contributed by atoms with E-state index in [0.29, 0.717) is 30.0 Å². The Labute approximate surface area is 223 Å². The molecule has 4 aromatic rings. The van der Waals surface area contributed by atoms with Crippen LogP contribution in [0.1, 0.15) is 32.0 Å². The van der Waals surface area contributed by atoms with Gasteiger partial charge in [0.1, 0.15) is 10.8 Å². The van der Waals surface area contributed by atoms with Crippen LogP contribution in [-0.2, 0) is 6.54 Å². The quantitative estimate of drug-likeness (QED) is 0.250. The van der Waals surface area contributed by atoms with Gasteiger partial charge in [-0.2, -0.15) is 0 Å². The van der Waals surface area contributed by atoms with Crippen LogP contribution in [0, 0.1) is 0 Å². The number of ether oxygens (including phenoxy) is 1. The molecule has 5 rings (SSSR count). The molecule has 1 aliphatic rings. The molecular formula is C28H26N4O3S2. The number of carbonyl (C=O) groups excluding carboxylic acids is 2. The van der Waals surface area contributed by atoms with Gasteiger partial charge in [-0.25, -0.2) is 4.98 Å². The van der Waals surface area contributed by atoms with Crippen molar-refractivity contribution in [1.29, 1.82) is 0 Å². The molecule has 3 N–H and O–H groups in total. The first kappa shape index (κ1) is 25.0. The standard InChI is InChI=1S/C28H26N4O3S2/c1-29-13-4-14-35-20-10-7-18(8-11-20)28-31-17-21(36-28)16-30-26(33)19-9-12-25-23(15-19)32-27(34)22-5-2-3-6-24(22)37-25/h2-3,5-12,15,17,29H,4,13-14,16H2,1H3,(H,30,33)(H,32,34). The second-order valence-corrected chi connectivity index (χ2v) is 10.6. The third-order valence-electron chi connectivity index (χ3n) is 5.76. The average Bonchev–Trinajstić information content (AvgIpc) is 3.35. The summed E-state index contributed by atoms with van der Waals surface area (Å²) in [6.45, 7) is 1.96. The third kappa shape index (κ3) is 6.02. The van der Waals surface area contributed by atoms with Crippen molar-refractivity contribution in [1.82, 2.24) is 15.6 Å². The summed E-state index contributed by atoms with van der Waals surface area (Å²) in [5.74, 6) is 0.451. The lowest BCUT2D eigenvalue weighted by atomic mass is 10.1. The van der Waals surface area contributed by atoms with E-state index in [9.17, 15) is 9.59 Å². The molecule has 0 spiro atoms. The van der Waals surface area contributed by atoms with E-state index in [2.05, 4.69) is 20.9 Å². The molecule has 7 nitrogen and oxygen atoms in total. The van der Waals surface area contributed by atoms with Crippen molar-refractivity contribution in [3.63, 3.8) is 0 Å². The summed E-state index contributed by atoms with van der Waals surface area (Å²) in [6.07, 6.45) is 2.74. The van der Waals surface area contributed by atoms with Crippen LogP contribution in [0.15, 0.2) is 82.7 Å². The fourth-order valence-corrected chi connectivity index (χ4v) is 5.70. The van der Waals surface area contributed by atoms with Crippen molar-refractivity contribution in [2.75, 3.05) is 25.5 Å². The molecule has 1 aliphatic heterocycles. The van der Waals surface area contributed by atoms with Crippen molar-refractivity contribution in [2.24, 2.45) is 0 Å². The second-order valence-electron chi connectivity index (χ2n) is 8.41. The van der Waals surface area contributed by atoms with Crippen LogP contribution in [0.2, 0.25) is 0 Å². The van der Waals surface area contributed by atoms with E-state index in [0.717, 1.165) is 44.0 Å². The molecule has 0 saturated carbocycles. The van der Waals surface area contributed by atoms with E-state index in [1.165, 1.54) is 23.1 Å². The number of benzene rings is 3. The minimum Gasteiger partial charge on any atom is -0.494 e. The number of amides is 2. The highest BCUT2D eigenvalue weighted by atomic mass is 32.2. The van der Waals surface area contributed by atoms with Gasteiger partial charge in [0, 0.05) is 32.0 Å². The maximum Gasteiger partial charge on any atom is 0.256 e. The van der Waals surface area contributed by atoms with Gasteiger partial charge >= 0.3 is 0 Å². The Morgan fingerprint density at radius 3 is 2.73 bits per heavy atom. The molecule has 0 atom stereocenters. The fraction of sp³-hybridized carbons (Fsp3) is 0.179. The number of hydrogen-bond donors (Lipinski definition) is 3. The predicted octanol–water partition coefficient (Wildman–Crippen LogP) is 5.45. The van der Waals surface area contributed by atoms with E-state index in [1.54, 1.807) is 24.4 Å². The largest absolute Gasteiger partial charge is 0.494 e. The molecular weight excluding hydrogens is 504 g/mol. The summed E-state index contributed by atoms with van der Waals surface area (Å²) in [4.78, 5) is 32.8. The van der Waals surface area contributed by atoms with Crippen LogP contribution < -0.4 is 20.7 Å². The number of rotatable bonds is 9. The Morgan fingerprint density at radius 2 is 1.89 bits per heavy atom. The summed E-state index contributed by atoms with van der Waals surface area (Å²) in [6, 6.07) is 20.7. The van der Waals surface area contributed by atoms with Crippen LogP contribution in [0.25, 0.3) is 10.6 Å². The van der Waals surface area contributed by atoms with E-state index >= 15 is 0 Å². The van der Waals surface area contributed by atoms with Gasteiger partial charge in [0.25, 0.3) is 11.8 Å². The summed E-state index contributed by atoms with van der Waals surface area (Å²) in [5, 5.41) is 9.88. The molecule has 0 unspecified atom stereocenters. The van der Waals surface area contributed by atoms with Crippen LogP contribution >= 0.6 is 23.1 Å². The lowest BCUT2D eigenvalue weighted by molar-refractivity contribution is 0.0949. The molecule has 0 bridgehead atoms. The molecule has 37 heavy (non-hydrogen) atoms. The van der Waals surface area contributed by atoms with Crippen molar-refractivity contribution in [2.45, 2.75) is 22.8 Å². The molecule has 2 amide bonds. The van der Waals surface area contributed by atoms with Crippen molar-refractivity contribution in [3.8, 4) is 16.3 Å². The highest BCUT2D eigenvalue weighted by Crippen LogP contribution is 2.39. The average molecular weight is 531 g/mol. The van der Waals surface area contributed by atoms with E-state index in [1.807, 2.05) is 55.6 Å². The number of fused-ring (bicyclic) bond motifs is 2. The number of thiazole rings is 1. The van der Waals surface area contributed by atoms with Gasteiger partial charge in [0.15, 0.2) is 0 Å². The zero-order valence-corrected chi connectivity index (χ0v) is 21.9. The predicted molar refractivity (Wildman–Crippen MR) is 148 cm³/mol. The number of aromatic nitrogens is 1. The number of nitrogens with one attached hydrogen (secondary N) is 3. The van der Waals surface area contributed by atoms with Gasteiger partial charge < -0.3 is 20.7 Å². The lowest BCUT2D eigenvalue weighted by Gasteiger charge is -2.09. The van der Waals surface area contributed by atoms with Crippen LogP contribution in [-0.4, -0.2) is 37.0 Å². The van der Waals surface area contributed by atoms with Gasteiger partial charge in [-0.15, -0.1) is 11.3 Å². The molecule has 0 radical (unpaired) electrons. The highest BCUT2D eigenvalue weighted by Gasteiger charge is 2.20. The van der Waals surface area contributed by atoms with E-state index in [4.69, 9.17) is 4.74 Å². The minimum absolute atomic E-state index is 0.176.